The van der Waals surface area contributed by atoms with Gasteiger partial charge in [0.25, 0.3) is 0 Å². The quantitative estimate of drug-likeness (QED) is 0.896. The minimum Gasteiger partial charge on any atom is -0.375 e. The van der Waals surface area contributed by atoms with Gasteiger partial charge in [-0.1, -0.05) is 13.8 Å². The first-order valence-electron chi connectivity index (χ1n) is 7.35. The molecule has 0 atom stereocenters. The van der Waals surface area contributed by atoms with Gasteiger partial charge in [0.05, 0.1) is 12.1 Å². The Morgan fingerprint density at radius 1 is 1.45 bits per heavy atom. The topological polar surface area (TPSA) is 62.5 Å². The molecular formula is C14H24N4OS. The summed E-state index contributed by atoms with van der Waals surface area (Å²) >= 11 is 1.39. The molecule has 2 heterocycles. The predicted octanol–water partition coefficient (Wildman–Crippen LogP) is 1.60. The summed E-state index contributed by atoms with van der Waals surface area (Å²) in [5, 5.41) is 2.41. The van der Waals surface area contributed by atoms with Gasteiger partial charge in [0, 0.05) is 24.5 Å². The van der Waals surface area contributed by atoms with E-state index in [0.29, 0.717) is 17.6 Å². The third kappa shape index (κ3) is 3.70. The first kappa shape index (κ1) is 15.3. The van der Waals surface area contributed by atoms with Crippen LogP contribution in [0.1, 0.15) is 32.4 Å². The van der Waals surface area contributed by atoms with E-state index >= 15 is 0 Å². The second-order valence-electron chi connectivity index (χ2n) is 5.19. The summed E-state index contributed by atoms with van der Waals surface area (Å²) in [6, 6.07) is 0.629. The lowest BCUT2D eigenvalue weighted by atomic mass is 10.0. The molecular weight excluding hydrogens is 272 g/mol. The van der Waals surface area contributed by atoms with E-state index in [0.717, 1.165) is 44.7 Å². The van der Waals surface area contributed by atoms with Crippen LogP contribution < -0.4 is 5.73 Å². The molecule has 1 saturated heterocycles. The molecule has 1 aromatic rings. The number of rotatable bonds is 5. The monoisotopic (exact) mass is 296 g/mol. The molecule has 0 bridgehead atoms. The van der Waals surface area contributed by atoms with Crippen LogP contribution in [0.4, 0.5) is 5.13 Å². The van der Waals surface area contributed by atoms with Crippen molar-refractivity contribution in [2.75, 3.05) is 31.9 Å². The normalized spacial score (nSPS) is 16.9. The van der Waals surface area contributed by atoms with E-state index < -0.39 is 0 Å². The van der Waals surface area contributed by atoms with Gasteiger partial charge in [-0.25, -0.2) is 4.98 Å². The van der Waals surface area contributed by atoms with Crippen molar-refractivity contribution in [3.63, 3.8) is 0 Å². The molecule has 0 spiro atoms. The smallest absolute Gasteiger partial charge is 0.228 e. The van der Waals surface area contributed by atoms with E-state index in [-0.39, 0.29) is 5.91 Å². The lowest BCUT2D eigenvalue weighted by Crippen LogP contribution is -2.47. The number of anilines is 1. The number of piperidine rings is 1. The van der Waals surface area contributed by atoms with Crippen LogP contribution in [0.3, 0.4) is 0 Å². The fraction of sp³-hybridized carbons (Fsp3) is 0.714. The lowest BCUT2D eigenvalue weighted by Gasteiger charge is -2.37. The summed E-state index contributed by atoms with van der Waals surface area (Å²) < 4.78 is 0. The van der Waals surface area contributed by atoms with Crippen LogP contribution in [-0.2, 0) is 11.2 Å². The lowest BCUT2D eigenvalue weighted by molar-refractivity contribution is -0.132. The van der Waals surface area contributed by atoms with Crippen LogP contribution in [0, 0.1) is 0 Å². The summed E-state index contributed by atoms with van der Waals surface area (Å²) in [7, 11) is 0. The second-order valence-corrected chi connectivity index (χ2v) is 6.08. The van der Waals surface area contributed by atoms with Crippen LogP contribution in [0.25, 0.3) is 0 Å². The number of hydrogen-bond donors (Lipinski definition) is 1. The minimum atomic E-state index is 0.174. The Kier molecular flexibility index (Phi) is 5.37. The minimum absolute atomic E-state index is 0.174. The Bertz CT molecular complexity index is 436. The molecule has 0 aliphatic carbocycles. The maximum Gasteiger partial charge on any atom is 0.228 e. The Morgan fingerprint density at radius 3 is 2.60 bits per heavy atom. The van der Waals surface area contributed by atoms with Crippen molar-refractivity contribution in [3.8, 4) is 0 Å². The molecule has 2 rings (SSSR count). The largest absolute Gasteiger partial charge is 0.375 e. The number of aromatic nitrogens is 1. The summed E-state index contributed by atoms with van der Waals surface area (Å²) in [6.45, 7) is 8.31. The number of carbonyl (C=O) groups excluding carboxylic acids is 1. The Balaban J connectivity index is 1.82. The second kappa shape index (κ2) is 7.04. The van der Waals surface area contributed by atoms with Gasteiger partial charge in [-0.2, -0.15) is 0 Å². The fourth-order valence-corrected chi connectivity index (χ4v) is 3.45. The zero-order valence-electron chi connectivity index (χ0n) is 12.3. The van der Waals surface area contributed by atoms with Gasteiger partial charge in [-0.3, -0.25) is 4.79 Å². The molecule has 6 heteroatoms. The highest BCUT2D eigenvalue weighted by atomic mass is 32.1. The summed E-state index contributed by atoms with van der Waals surface area (Å²) in [5.41, 5.74) is 6.39. The van der Waals surface area contributed by atoms with Crippen LogP contribution in [0.5, 0.6) is 0 Å². The highest BCUT2D eigenvalue weighted by Crippen LogP contribution is 2.18. The predicted molar refractivity (Wildman–Crippen MR) is 82.8 cm³/mol. The van der Waals surface area contributed by atoms with Crippen LogP contribution in [0.2, 0.25) is 0 Å². The van der Waals surface area contributed by atoms with Gasteiger partial charge in [0.1, 0.15) is 0 Å². The highest BCUT2D eigenvalue weighted by molar-refractivity contribution is 7.13. The van der Waals surface area contributed by atoms with E-state index in [4.69, 9.17) is 5.73 Å². The molecule has 0 saturated carbocycles. The fourth-order valence-electron chi connectivity index (χ4n) is 2.89. The Labute approximate surface area is 124 Å². The van der Waals surface area contributed by atoms with Gasteiger partial charge in [-0.15, -0.1) is 11.3 Å². The first-order chi connectivity index (χ1) is 9.63. The van der Waals surface area contributed by atoms with Crippen molar-refractivity contribution < 1.29 is 4.79 Å². The zero-order valence-corrected chi connectivity index (χ0v) is 13.2. The average molecular weight is 296 g/mol. The van der Waals surface area contributed by atoms with Crippen LogP contribution in [-0.4, -0.2) is 52.9 Å². The molecule has 1 fully saturated rings. The van der Waals surface area contributed by atoms with E-state index in [9.17, 15) is 4.79 Å². The summed E-state index contributed by atoms with van der Waals surface area (Å²) in [5.74, 6) is 0.174. The third-order valence-corrected chi connectivity index (χ3v) is 4.77. The number of nitrogens with zero attached hydrogens (tertiary/aromatic N) is 3. The van der Waals surface area contributed by atoms with E-state index in [1.165, 1.54) is 11.3 Å². The molecule has 1 amide bonds. The number of amides is 1. The molecule has 20 heavy (non-hydrogen) atoms. The number of hydrogen-bond acceptors (Lipinski definition) is 5. The van der Waals surface area contributed by atoms with Gasteiger partial charge in [-0.05, 0) is 25.9 Å². The molecule has 5 nitrogen and oxygen atoms in total. The average Bonchev–Trinajstić information content (AvgIpc) is 2.86. The van der Waals surface area contributed by atoms with Crippen molar-refractivity contribution >= 4 is 22.4 Å². The van der Waals surface area contributed by atoms with E-state index in [2.05, 4.69) is 23.7 Å². The van der Waals surface area contributed by atoms with Crippen molar-refractivity contribution in [3.05, 3.63) is 11.1 Å². The van der Waals surface area contributed by atoms with Crippen molar-refractivity contribution in [1.29, 1.82) is 0 Å². The Hall–Kier alpha value is -1.14. The van der Waals surface area contributed by atoms with E-state index in [1.54, 1.807) is 0 Å². The molecule has 0 unspecified atom stereocenters. The molecule has 0 aromatic carbocycles. The molecule has 2 N–H and O–H groups in total. The summed E-state index contributed by atoms with van der Waals surface area (Å²) in [4.78, 5) is 20.8. The van der Waals surface area contributed by atoms with Crippen LogP contribution >= 0.6 is 11.3 Å². The van der Waals surface area contributed by atoms with Gasteiger partial charge < -0.3 is 15.5 Å². The third-order valence-electron chi connectivity index (χ3n) is 4.05. The maximum absolute atomic E-state index is 12.2. The van der Waals surface area contributed by atoms with Gasteiger partial charge in [0.2, 0.25) is 5.91 Å². The Morgan fingerprint density at radius 2 is 2.10 bits per heavy atom. The van der Waals surface area contributed by atoms with E-state index in [1.807, 2.05) is 10.3 Å². The molecule has 1 aromatic heterocycles. The number of likely N-dealkylation sites (tertiary alicyclic amines) is 1. The summed E-state index contributed by atoms with van der Waals surface area (Å²) in [6.07, 6.45) is 2.53. The zero-order chi connectivity index (χ0) is 14.5. The molecule has 1 aliphatic rings. The SMILES string of the molecule is CCN(CC)C1CCN(C(=O)Cc2csc(N)n2)CC1. The van der Waals surface area contributed by atoms with Crippen LogP contribution in [0.15, 0.2) is 5.38 Å². The molecule has 1 aliphatic heterocycles. The highest BCUT2D eigenvalue weighted by Gasteiger charge is 2.25. The van der Waals surface area contributed by atoms with Crippen molar-refractivity contribution in [2.24, 2.45) is 0 Å². The molecule has 112 valence electrons. The van der Waals surface area contributed by atoms with Crippen molar-refractivity contribution in [2.45, 2.75) is 39.2 Å². The maximum atomic E-state index is 12.2. The van der Waals surface area contributed by atoms with Gasteiger partial charge >= 0.3 is 0 Å². The number of nitrogens with two attached hydrogens (primary N) is 1. The van der Waals surface area contributed by atoms with Crippen molar-refractivity contribution in [1.82, 2.24) is 14.8 Å². The number of thiazole rings is 1. The standard InChI is InChI=1S/C14H24N4OS/c1-3-17(4-2)12-5-7-18(8-6-12)13(19)9-11-10-20-14(15)16-11/h10,12H,3-9H2,1-2H3,(H2,15,16). The molecule has 0 radical (unpaired) electrons. The van der Waals surface area contributed by atoms with Gasteiger partial charge in [0.15, 0.2) is 5.13 Å². The number of nitrogen functional groups attached to an aromatic ring is 1. The first-order valence-corrected chi connectivity index (χ1v) is 8.23. The number of carbonyl (C=O) groups is 1.